The average Bonchev–Trinajstić information content (AvgIpc) is 2.76. The molecule has 0 saturated heterocycles. The molecule has 0 aliphatic carbocycles. The Morgan fingerprint density at radius 2 is 2.24 bits per heavy atom. The normalized spacial score (nSPS) is 14.8. The first-order chi connectivity index (χ1) is 8.22. The molecule has 0 aliphatic heterocycles. The zero-order chi connectivity index (χ0) is 12.7. The summed E-state index contributed by atoms with van der Waals surface area (Å²) < 4.78 is 7.14. The molecule has 1 aromatic rings. The van der Waals surface area contributed by atoms with Crippen molar-refractivity contribution in [3.8, 4) is 0 Å². The Kier molecular flexibility index (Phi) is 6.15. The van der Waals surface area contributed by atoms with Crippen LogP contribution in [0.4, 0.5) is 0 Å². The molecule has 1 aromatic heterocycles. The summed E-state index contributed by atoms with van der Waals surface area (Å²) in [7, 11) is 1.75. The van der Waals surface area contributed by atoms with Crippen molar-refractivity contribution in [3.63, 3.8) is 0 Å². The van der Waals surface area contributed by atoms with Gasteiger partial charge in [0.1, 0.15) is 0 Å². The van der Waals surface area contributed by atoms with Crippen molar-refractivity contribution in [2.24, 2.45) is 5.92 Å². The Balaban J connectivity index is 2.71. The fourth-order valence-corrected chi connectivity index (χ4v) is 2.09. The monoisotopic (exact) mass is 240 g/mol. The SMILES string of the molecule is CCNC(CC(C)COC)c1cnnn1CC. The minimum atomic E-state index is 0.306. The summed E-state index contributed by atoms with van der Waals surface area (Å²) in [4.78, 5) is 0. The first-order valence-corrected chi connectivity index (χ1v) is 6.33. The molecule has 0 aliphatic rings. The maximum atomic E-state index is 5.19. The summed E-state index contributed by atoms with van der Waals surface area (Å²) >= 11 is 0. The molecule has 17 heavy (non-hydrogen) atoms. The molecule has 0 saturated carbocycles. The molecule has 1 N–H and O–H groups in total. The summed E-state index contributed by atoms with van der Waals surface area (Å²) in [5.74, 6) is 0.518. The van der Waals surface area contributed by atoms with Gasteiger partial charge in [-0.05, 0) is 25.8 Å². The van der Waals surface area contributed by atoms with Crippen molar-refractivity contribution in [3.05, 3.63) is 11.9 Å². The topological polar surface area (TPSA) is 52.0 Å². The van der Waals surface area contributed by atoms with Crippen LogP contribution in [0.2, 0.25) is 0 Å². The molecule has 5 nitrogen and oxygen atoms in total. The third-order valence-corrected chi connectivity index (χ3v) is 2.84. The average molecular weight is 240 g/mol. The van der Waals surface area contributed by atoms with Gasteiger partial charge in [-0.2, -0.15) is 0 Å². The van der Waals surface area contributed by atoms with Crippen LogP contribution in [0.25, 0.3) is 0 Å². The molecule has 0 radical (unpaired) electrons. The molecule has 0 bridgehead atoms. The second kappa shape index (κ2) is 7.40. The van der Waals surface area contributed by atoms with E-state index < -0.39 is 0 Å². The minimum Gasteiger partial charge on any atom is -0.384 e. The maximum Gasteiger partial charge on any atom is 0.0756 e. The van der Waals surface area contributed by atoms with Crippen molar-refractivity contribution >= 4 is 0 Å². The van der Waals surface area contributed by atoms with E-state index in [2.05, 4.69) is 36.4 Å². The number of aromatic nitrogens is 3. The molecule has 2 atom stereocenters. The number of nitrogens with one attached hydrogen (secondary N) is 1. The number of hydrogen-bond donors (Lipinski definition) is 1. The maximum absolute atomic E-state index is 5.19. The Morgan fingerprint density at radius 3 is 2.82 bits per heavy atom. The van der Waals surface area contributed by atoms with Crippen molar-refractivity contribution in [1.82, 2.24) is 20.3 Å². The van der Waals surface area contributed by atoms with E-state index in [0.717, 1.165) is 31.8 Å². The van der Waals surface area contributed by atoms with Crippen LogP contribution in [0.1, 0.15) is 38.9 Å². The number of ether oxygens (including phenoxy) is 1. The molecule has 98 valence electrons. The number of aryl methyl sites for hydroxylation is 1. The largest absolute Gasteiger partial charge is 0.384 e. The van der Waals surface area contributed by atoms with Gasteiger partial charge in [-0.15, -0.1) is 5.10 Å². The number of nitrogens with zero attached hydrogens (tertiary/aromatic N) is 3. The van der Waals surface area contributed by atoms with Crippen LogP contribution in [0.3, 0.4) is 0 Å². The number of hydrogen-bond acceptors (Lipinski definition) is 4. The van der Waals surface area contributed by atoms with Gasteiger partial charge in [0.05, 0.1) is 17.9 Å². The van der Waals surface area contributed by atoms with Gasteiger partial charge in [-0.3, -0.25) is 0 Å². The Hall–Kier alpha value is -0.940. The molecular formula is C12H24N4O. The third-order valence-electron chi connectivity index (χ3n) is 2.84. The predicted molar refractivity (Wildman–Crippen MR) is 67.8 cm³/mol. The quantitative estimate of drug-likeness (QED) is 0.750. The van der Waals surface area contributed by atoms with Crippen molar-refractivity contribution in [1.29, 1.82) is 0 Å². The van der Waals surface area contributed by atoms with E-state index in [-0.39, 0.29) is 0 Å². The third kappa shape index (κ3) is 4.09. The fraction of sp³-hybridized carbons (Fsp3) is 0.833. The van der Waals surface area contributed by atoms with Crippen LogP contribution in [0.5, 0.6) is 0 Å². The number of rotatable bonds is 8. The van der Waals surface area contributed by atoms with Gasteiger partial charge in [-0.1, -0.05) is 19.1 Å². The Morgan fingerprint density at radius 1 is 1.47 bits per heavy atom. The summed E-state index contributed by atoms with van der Waals surface area (Å²) in [6.07, 6.45) is 2.89. The van der Waals surface area contributed by atoms with E-state index in [1.165, 1.54) is 0 Å². The van der Waals surface area contributed by atoms with E-state index in [4.69, 9.17) is 4.74 Å². The summed E-state index contributed by atoms with van der Waals surface area (Å²) in [6, 6.07) is 0.306. The van der Waals surface area contributed by atoms with Crippen molar-refractivity contribution in [2.45, 2.75) is 39.8 Å². The highest BCUT2D eigenvalue weighted by molar-refractivity contribution is 5.02. The standard InChI is InChI=1S/C12H24N4O/c1-5-13-11(7-10(3)9-17-4)12-8-14-15-16(12)6-2/h8,10-11,13H,5-7,9H2,1-4H3. The smallest absolute Gasteiger partial charge is 0.0756 e. The summed E-state index contributed by atoms with van der Waals surface area (Å²) in [5, 5.41) is 11.6. The van der Waals surface area contributed by atoms with Crippen LogP contribution >= 0.6 is 0 Å². The lowest BCUT2D eigenvalue weighted by molar-refractivity contribution is 0.148. The van der Waals surface area contributed by atoms with Crippen LogP contribution in [-0.2, 0) is 11.3 Å². The van der Waals surface area contributed by atoms with E-state index in [1.54, 1.807) is 7.11 Å². The highest BCUT2D eigenvalue weighted by Crippen LogP contribution is 2.20. The highest BCUT2D eigenvalue weighted by Gasteiger charge is 2.18. The van der Waals surface area contributed by atoms with Gasteiger partial charge in [0.2, 0.25) is 0 Å². The van der Waals surface area contributed by atoms with E-state index in [1.807, 2.05) is 10.9 Å². The van der Waals surface area contributed by atoms with Crippen molar-refractivity contribution < 1.29 is 4.74 Å². The first kappa shape index (κ1) is 14.1. The molecule has 2 unspecified atom stereocenters. The molecule has 0 amide bonds. The molecule has 0 aromatic carbocycles. The van der Waals surface area contributed by atoms with Crippen LogP contribution in [-0.4, -0.2) is 35.3 Å². The lowest BCUT2D eigenvalue weighted by atomic mass is 10.0. The van der Waals surface area contributed by atoms with Gasteiger partial charge in [0.15, 0.2) is 0 Å². The lowest BCUT2D eigenvalue weighted by Gasteiger charge is -2.21. The fourth-order valence-electron chi connectivity index (χ4n) is 2.09. The van der Waals surface area contributed by atoms with Gasteiger partial charge < -0.3 is 10.1 Å². The molecule has 1 heterocycles. The van der Waals surface area contributed by atoms with E-state index >= 15 is 0 Å². The number of methoxy groups -OCH3 is 1. The first-order valence-electron chi connectivity index (χ1n) is 6.33. The highest BCUT2D eigenvalue weighted by atomic mass is 16.5. The second-order valence-corrected chi connectivity index (χ2v) is 4.38. The van der Waals surface area contributed by atoms with Crippen molar-refractivity contribution in [2.75, 3.05) is 20.3 Å². The van der Waals surface area contributed by atoms with Gasteiger partial charge in [0.25, 0.3) is 0 Å². The van der Waals surface area contributed by atoms with E-state index in [9.17, 15) is 0 Å². The summed E-state index contributed by atoms with van der Waals surface area (Å²) in [6.45, 7) is 8.99. The zero-order valence-electron chi connectivity index (χ0n) is 11.3. The molecule has 5 heteroatoms. The van der Waals surface area contributed by atoms with Crippen LogP contribution in [0.15, 0.2) is 6.20 Å². The molecule has 1 rings (SSSR count). The van der Waals surface area contributed by atoms with Crippen LogP contribution in [0, 0.1) is 5.92 Å². The minimum absolute atomic E-state index is 0.306. The van der Waals surface area contributed by atoms with Gasteiger partial charge in [-0.25, -0.2) is 4.68 Å². The van der Waals surface area contributed by atoms with Crippen LogP contribution < -0.4 is 5.32 Å². The molecular weight excluding hydrogens is 216 g/mol. The lowest BCUT2D eigenvalue weighted by Crippen LogP contribution is -2.26. The van der Waals surface area contributed by atoms with Gasteiger partial charge in [0, 0.05) is 20.3 Å². The summed E-state index contributed by atoms with van der Waals surface area (Å²) in [5.41, 5.74) is 1.16. The Bertz CT molecular complexity index is 313. The van der Waals surface area contributed by atoms with E-state index in [0.29, 0.717) is 12.0 Å². The van der Waals surface area contributed by atoms with Gasteiger partial charge >= 0.3 is 0 Å². The second-order valence-electron chi connectivity index (χ2n) is 4.38. The Labute approximate surface area is 104 Å². The predicted octanol–water partition coefficient (Wildman–Crippen LogP) is 1.62. The zero-order valence-corrected chi connectivity index (χ0v) is 11.3. The molecule has 0 spiro atoms. The molecule has 0 fully saturated rings.